The van der Waals surface area contributed by atoms with Crippen molar-refractivity contribution in [3.8, 4) is 0 Å². The lowest BCUT2D eigenvalue weighted by molar-refractivity contribution is -0.146. The molecule has 4 nitrogen and oxygen atoms in total. The van der Waals surface area contributed by atoms with Crippen LogP contribution in [0, 0.1) is 0 Å². The summed E-state index contributed by atoms with van der Waals surface area (Å²) in [5.74, 6) is -0.160. The van der Waals surface area contributed by atoms with Gasteiger partial charge in [0, 0.05) is 6.42 Å². The van der Waals surface area contributed by atoms with Crippen LogP contribution < -0.4 is 0 Å². The van der Waals surface area contributed by atoms with Crippen LogP contribution in [-0.4, -0.2) is 35.5 Å². The van der Waals surface area contributed by atoms with Crippen molar-refractivity contribution in [1.29, 1.82) is 0 Å². The Bertz CT molecular complexity index is 259. The maximum absolute atomic E-state index is 10.9. The molecule has 0 aromatic carbocycles. The van der Waals surface area contributed by atoms with Crippen LogP contribution in [0.15, 0.2) is 12.2 Å². The van der Waals surface area contributed by atoms with E-state index < -0.39 is 6.10 Å². The zero-order valence-electron chi connectivity index (χ0n) is 8.05. The summed E-state index contributed by atoms with van der Waals surface area (Å²) in [6, 6.07) is 0. The second-order valence-electron chi connectivity index (χ2n) is 3.76. The Morgan fingerprint density at radius 3 is 2.86 bits per heavy atom. The Morgan fingerprint density at radius 2 is 2.36 bits per heavy atom. The lowest BCUT2D eigenvalue weighted by Gasteiger charge is -2.19. The van der Waals surface area contributed by atoms with Gasteiger partial charge in [0.25, 0.3) is 0 Å². The highest BCUT2D eigenvalue weighted by Crippen LogP contribution is 2.25. The molecule has 0 bridgehead atoms. The van der Waals surface area contributed by atoms with Gasteiger partial charge in [0.05, 0.1) is 6.10 Å². The lowest BCUT2D eigenvalue weighted by Crippen LogP contribution is -2.30. The summed E-state index contributed by atoms with van der Waals surface area (Å²) in [5.41, 5.74) is 0. The van der Waals surface area contributed by atoms with Crippen LogP contribution in [-0.2, 0) is 14.3 Å². The second-order valence-corrected chi connectivity index (χ2v) is 3.76. The first kappa shape index (κ1) is 9.68. The lowest BCUT2D eigenvalue weighted by atomic mass is 10.1. The molecule has 14 heavy (non-hydrogen) atoms. The molecule has 1 N–H and O–H groups in total. The SMILES string of the molecule is CC(O)C1C=C[C@H]([C@H]2CCC(=O)O2)O1. The van der Waals surface area contributed by atoms with Gasteiger partial charge in [-0.3, -0.25) is 4.79 Å². The largest absolute Gasteiger partial charge is 0.459 e. The molecule has 0 amide bonds. The molecule has 1 fully saturated rings. The summed E-state index contributed by atoms with van der Waals surface area (Å²) in [6.07, 6.45) is 3.73. The van der Waals surface area contributed by atoms with E-state index in [1.165, 1.54) is 0 Å². The molecule has 0 aliphatic carbocycles. The van der Waals surface area contributed by atoms with Crippen molar-refractivity contribution in [3.05, 3.63) is 12.2 Å². The van der Waals surface area contributed by atoms with Gasteiger partial charge in [0.1, 0.15) is 18.3 Å². The minimum absolute atomic E-state index is 0.160. The van der Waals surface area contributed by atoms with Crippen LogP contribution in [0.2, 0.25) is 0 Å². The fourth-order valence-electron chi connectivity index (χ4n) is 1.76. The van der Waals surface area contributed by atoms with E-state index in [0.29, 0.717) is 12.8 Å². The number of carbonyl (C=O) groups excluding carboxylic acids is 1. The molecule has 2 aliphatic rings. The highest BCUT2D eigenvalue weighted by Gasteiger charge is 2.35. The maximum Gasteiger partial charge on any atom is 0.306 e. The van der Waals surface area contributed by atoms with E-state index in [0.717, 1.165) is 0 Å². The average molecular weight is 198 g/mol. The molecule has 78 valence electrons. The van der Waals surface area contributed by atoms with Crippen molar-refractivity contribution in [3.63, 3.8) is 0 Å². The van der Waals surface area contributed by atoms with Crippen LogP contribution >= 0.6 is 0 Å². The third kappa shape index (κ3) is 1.81. The monoisotopic (exact) mass is 198 g/mol. The Hall–Kier alpha value is -0.870. The first-order valence-corrected chi connectivity index (χ1v) is 4.88. The van der Waals surface area contributed by atoms with E-state index in [-0.39, 0.29) is 24.3 Å². The number of aliphatic hydroxyl groups is 1. The highest BCUT2D eigenvalue weighted by atomic mass is 16.6. The van der Waals surface area contributed by atoms with Gasteiger partial charge in [0.15, 0.2) is 0 Å². The van der Waals surface area contributed by atoms with E-state index in [1.807, 2.05) is 12.2 Å². The molecular weight excluding hydrogens is 184 g/mol. The van der Waals surface area contributed by atoms with Crippen molar-refractivity contribution in [2.75, 3.05) is 0 Å². The van der Waals surface area contributed by atoms with Crippen molar-refractivity contribution >= 4 is 5.97 Å². The fraction of sp³-hybridized carbons (Fsp3) is 0.700. The van der Waals surface area contributed by atoms with Gasteiger partial charge in [-0.1, -0.05) is 12.2 Å². The number of rotatable bonds is 2. The molecule has 2 rings (SSSR count). The van der Waals surface area contributed by atoms with Crippen LogP contribution in [0.3, 0.4) is 0 Å². The molecular formula is C10H14O4. The molecule has 0 saturated carbocycles. The van der Waals surface area contributed by atoms with Gasteiger partial charge in [-0.2, -0.15) is 0 Å². The van der Waals surface area contributed by atoms with Gasteiger partial charge < -0.3 is 14.6 Å². The van der Waals surface area contributed by atoms with E-state index >= 15 is 0 Å². The molecule has 0 aromatic heterocycles. The van der Waals surface area contributed by atoms with Crippen molar-refractivity contribution in [2.24, 2.45) is 0 Å². The molecule has 2 unspecified atom stereocenters. The summed E-state index contributed by atoms with van der Waals surface area (Å²) in [5, 5.41) is 9.28. The van der Waals surface area contributed by atoms with Crippen molar-refractivity contribution < 1.29 is 19.4 Å². The number of hydrogen-bond donors (Lipinski definition) is 1. The second kappa shape index (κ2) is 3.71. The van der Waals surface area contributed by atoms with Crippen LogP contribution in [0.5, 0.6) is 0 Å². The Labute approximate surface area is 82.5 Å². The normalized spacial score (nSPS) is 38.7. The van der Waals surface area contributed by atoms with E-state index in [9.17, 15) is 9.90 Å². The van der Waals surface area contributed by atoms with Gasteiger partial charge in [0.2, 0.25) is 0 Å². The summed E-state index contributed by atoms with van der Waals surface area (Å²) in [6.45, 7) is 1.68. The first-order valence-electron chi connectivity index (χ1n) is 4.88. The van der Waals surface area contributed by atoms with Gasteiger partial charge in [-0.05, 0) is 13.3 Å². The van der Waals surface area contributed by atoms with E-state index in [2.05, 4.69) is 0 Å². The minimum atomic E-state index is -0.520. The Morgan fingerprint density at radius 1 is 1.57 bits per heavy atom. The molecule has 0 radical (unpaired) electrons. The standard InChI is InChI=1S/C10H14O4/c1-6(11)7-2-3-8(13-7)9-4-5-10(12)14-9/h2-3,6-9,11H,4-5H2,1H3/t6?,7?,8-,9-/m1/s1. The zero-order chi connectivity index (χ0) is 10.1. The molecule has 0 aromatic rings. The molecule has 4 heteroatoms. The average Bonchev–Trinajstić information content (AvgIpc) is 2.70. The van der Waals surface area contributed by atoms with Gasteiger partial charge >= 0.3 is 5.97 Å². The number of hydrogen-bond acceptors (Lipinski definition) is 4. The molecule has 0 spiro atoms. The number of ether oxygens (including phenoxy) is 2. The number of aliphatic hydroxyl groups excluding tert-OH is 1. The molecule has 4 atom stereocenters. The smallest absolute Gasteiger partial charge is 0.306 e. The van der Waals surface area contributed by atoms with E-state index in [4.69, 9.17) is 9.47 Å². The maximum atomic E-state index is 10.9. The Kier molecular flexibility index (Phi) is 2.56. The summed E-state index contributed by atoms with van der Waals surface area (Å²) in [4.78, 5) is 10.9. The number of cyclic esters (lactones) is 1. The molecule has 2 heterocycles. The third-order valence-electron chi connectivity index (χ3n) is 2.56. The molecule has 2 aliphatic heterocycles. The summed E-state index contributed by atoms with van der Waals surface area (Å²) >= 11 is 0. The van der Waals surface area contributed by atoms with Crippen molar-refractivity contribution in [2.45, 2.75) is 44.2 Å². The summed E-state index contributed by atoms with van der Waals surface area (Å²) in [7, 11) is 0. The quantitative estimate of drug-likeness (QED) is 0.515. The predicted octanol–water partition coefficient (Wildman–Crippen LogP) is 0.396. The van der Waals surface area contributed by atoms with Crippen LogP contribution in [0.25, 0.3) is 0 Å². The van der Waals surface area contributed by atoms with Crippen molar-refractivity contribution in [1.82, 2.24) is 0 Å². The van der Waals surface area contributed by atoms with E-state index in [1.54, 1.807) is 6.92 Å². The topological polar surface area (TPSA) is 55.8 Å². The first-order chi connectivity index (χ1) is 6.66. The molecule has 1 saturated heterocycles. The number of esters is 1. The predicted molar refractivity (Wildman–Crippen MR) is 48.6 cm³/mol. The Balaban J connectivity index is 1.90. The van der Waals surface area contributed by atoms with Gasteiger partial charge in [-0.15, -0.1) is 0 Å². The minimum Gasteiger partial charge on any atom is -0.459 e. The highest BCUT2D eigenvalue weighted by molar-refractivity contribution is 5.71. The van der Waals surface area contributed by atoms with Crippen LogP contribution in [0.1, 0.15) is 19.8 Å². The fourth-order valence-corrected chi connectivity index (χ4v) is 1.76. The van der Waals surface area contributed by atoms with Crippen LogP contribution in [0.4, 0.5) is 0 Å². The summed E-state index contributed by atoms with van der Waals surface area (Å²) < 4.78 is 10.6. The number of carbonyl (C=O) groups is 1. The van der Waals surface area contributed by atoms with Gasteiger partial charge in [-0.25, -0.2) is 0 Å². The third-order valence-corrected chi connectivity index (χ3v) is 2.56. The zero-order valence-corrected chi connectivity index (χ0v) is 8.05.